The normalized spacial score (nSPS) is 18.0. The Morgan fingerprint density at radius 3 is 2.78 bits per heavy atom. The summed E-state index contributed by atoms with van der Waals surface area (Å²) in [5.41, 5.74) is 8.64. The summed E-state index contributed by atoms with van der Waals surface area (Å²) in [6, 6.07) is 12.2. The first-order chi connectivity index (χ1) is 11.2. The molecule has 3 rings (SSSR count). The largest absolute Gasteiger partial charge is 0.369 e. The highest BCUT2D eigenvalue weighted by Gasteiger charge is 2.25. The van der Waals surface area contributed by atoms with E-state index in [1.54, 1.807) is 0 Å². The van der Waals surface area contributed by atoms with Gasteiger partial charge in [0.1, 0.15) is 0 Å². The second-order valence-corrected chi connectivity index (χ2v) is 5.98. The van der Waals surface area contributed by atoms with Crippen molar-refractivity contribution in [1.29, 1.82) is 0 Å². The van der Waals surface area contributed by atoms with E-state index in [2.05, 4.69) is 28.1 Å². The number of primary amides is 1. The van der Waals surface area contributed by atoms with Crippen LogP contribution in [-0.4, -0.2) is 29.2 Å². The van der Waals surface area contributed by atoms with Crippen LogP contribution < -0.4 is 10.6 Å². The summed E-state index contributed by atoms with van der Waals surface area (Å²) in [5, 5.41) is 8.86. The number of nitrogens with zero attached hydrogens (tertiary/aromatic N) is 3. The van der Waals surface area contributed by atoms with E-state index in [-0.39, 0.29) is 11.8 Å². The fourth-order valence-electron chi connectivity index (χ4n) is 3.10. The number of rotatable bonds is 4. The number of hydrogen-bond acceptors (Lipinski definition) is 4. The molecule has 0 saturated carbocycles. The van der Waals surface area contributed by atoms with E-state index in [1.165, 1.54) is 5.56 Å². The van der Waals surface area contributed by atoms with Crippen LogP contribution >= 0.6 is 0 Å². The van der Waals surface area contributed by atoms with Gasteiger partial charge in [-0.2, -0.15) is 0 Å². The molecule has 0 bridgehead atoms. The predicted molar refractivity (Wildman–Crippen MR) is 91.0 cm³/mol. The number of nitrogens with two attached hydrogens (primary N) is 1. The number of piperidine rings is 1. The molecular weight excluding hydrogens is 288 g/mol. The molecule has 1 atom stereocenters. The number of aromatic nitrogens is 2. The summed E-state index contributed by atoms with van der Waals surface area (Å²) in [6.07, 6.45) is 2.71. The first kappa shape index (κ1) is 15.5. The number of carbonyl (C=O) groups excluding carboxylic acids is 1. The molecule has 120 valence electrons. The Kier molecular flexibility index (Phi) is 4.55. The van der Waals surface area contributed by atoms with Crippen molar-refractivity contribution in [2.45, 2.75) is 26.2 Å². The van der Waals surface area contributed by atoms with Crippen LogP contribution in [0, 0.1) is 5.92 Å². The topological polar surface area (TPSA) is 72.1 Å². The monoisotopic (exact) mass is 310 g/mol. The van der Waals surface area contributed by atoms with Gasteiger partial charge in [0.15, 0.2) is 5.82 Å². The molecule has 1 aromatic heterocycles. The highest BCUT2D eigenvalue weighted by atomic mass is 16.1. The number of amides is 1. The zero-order valence-corrected chi connectivity index (χ0v) is 13.4. The van der Waals surface area contributed by atoms with E-state index >= 15 is 0 Å². The lowest BCUT2D eigenvalue weighted by Gasteiger charge is -2.32. The van der Waals surface area contributed by atoms with Gasteiger partial charge < -0.3 is 10.6 Å². The van der Waals surface area contributed by atoms with Gasteiger partial charge in [0, 0.05) is 18.7 Å². The standard InChI is InChI=1S/C18H22N4O/c1-2-13-11-16(22-10-6-9-15(12-22)18(19)23)20-21-17(13)14-7-4-3-5-8-14/h3-5,7-8,11,15H,2,6,9-10,12H2,1H3,(H2,19,23). The van der Waals surface area contributed by atoms with E-state index < -0.39 is 0 Å². The molecule has 2 aromatic rings. The van der Waals surface area contributed by atoms with Crippen molar-refractivity contribution < 1.29 is 4.79 Å². The average Bonchev–Trinajstić information content (AvgIpc) is 2.62. The molecule has 2 N–H and O–H groups in total. The van der Waals surface area contributed by atoms with Crippen LogP contribution in [-0.2, 0) is 11.2 Å². The lowest BCUT2D eigenvalue weighted by Crippen LogP contribution is -2.41. The van der Waals surface area contributed by atoms with E-state index in [1.807, 2.05) is 30.3 Å². The van der Waals surface area contributed by atoms with Gasteiger partial charge >= 0.3 is 0 Å². The summed E-state index contributed by atoms with van der Waals surface area (Å²) in [7, 11) is 0. The molecular formula is C18H22N4O. The van der Waals surface area contributed by atoms with Crippen molar-refractivity contribution in [3.8, 4) is 11.3 Å². The maximum absolute atomic E-state index is 11.5. The van der Waals surface area contributed by atoms with Crippen molar-refractivity contribution in [2.75, 3.05) is 18.0 Å². The Morgan fingerprint density at radius 2 is 2.09 bits per heavy atom. The maximum Gasteiger partial charge on any atom is 0.222 e. The van der Waals surface area contributed by atoms with Gasteiger partial charge in [-0.25, -0.2) is 0 Å². The third kappa shape index (κ3) is 3.33. The lowest BCUT2D eigenvalue weighted by atomic mass is 9.97. The molecule has 1 unspecified atom stereocenters. The fraction of sp³-hybridized carbons (Fsp3) is 0.389. The molecule has 23 heavy (non-hydrogen) atoms. The summed E-state index contributed by atoms with van der Waals surface area (Å²) in [4.78, 5) is 13.6. The summed E-state index contributed by atoms with van der Waals surface area (Å²) in [6.45, 7) is 3.65. The summed E-state index contributed by atoms with van der Waals surface area (Å²) in [5.74, 6) is 0.524. The quantitative estimate of drug-likeness (QED) is 0.941. The lowest BCUT2D eigenvalue weighted by molar-refractivity contribution is -0.122. The third-order valence-electron chi connectivity index (χ3n) is 4.44. The molecule has 0 aliphatic carbocycles. The highest BCUT2D eigenvalue weighted by Crippen LogP contribution is 2.26. The zero-order valence-electron chi connectivity index (χ0n) is 13.4. The maximum atomic E-state index is 11.5. The molecule has 1 amide bonds. The van der Waals surface area contributed by atoms with Crippen molar-refractivity contribution in [3.05, 3.63) is 42.0 Å². The molecule has 2 heterocycles. The van der Waals surface area contributed by atoms with Gasteiger partial charge in [0.2, 0.25) is 5.91 Å². The Bertz CT molecular complexity index is 687. The number of carbonyl (C=O) groups is 1. The predicted octanol–water partition coefficient (Wildman–Crippen LogP) is 2.41. The first-order valence-corrected chi connectivity index (χ1v) is 8.15. The summed E-state index contributed by atoms with van der Waals surface area (Å²) >= 11 is 0. The molecule has 1 saturated heterocycles. The average molecular weight is 310 g/mol. The van der Waals surface area contributed by atoms with E-state index in [4.69, 9.17) is 5.73 Å². The molecule has 5 nitrogen and oxygen atoms in total. The molecule has 1 fully saturated rings. The first-order valence-electron chi connectivity index (χ1n) is 8.15. The van der Waals surface area contributed by atoms with Crippen LogP contribution in [0.4, 0.5) is 5.82 Å². The van der Waals surface area contributed by atoms with E-state index in [9.17, 15) is 4.79 Å². The van der Waals surface area contributed by atoms with Gasteiger partial charge in [-0.05, 0) is 30.9 Å². The van der Waals surface area contributed by atoms with Gasteiger partial charge in [-0.15, -0.1) is 10.2 Å². The Hall–Kier alpha value is -2.43. The number of aryl methyl sites for hydroxylation is 1. The molecule has 1 aliphatic heterocycles. The summed E-state index contributed by atoms with van der Waals surface area (Å²) < 4.78 is 0. The Morgan fingerprint density at radius 1 is 1.30 bits per heavy atom. The Labute approximate surface area is 136 Å². The molecule has 1 aliphatic rings. The van der Waals surface area contributed by atoms with Gasteiger partial charge in [-0.1, -0.05) is 37.3 Å². The number of anilines is 1. The van der Waals surface area contributed by atoms with Gasteiger partial charge in [0.05, 0.1) is 11.6 Å². The van der Waals surface area contributed by atoms with Crippen LogP contribution in [0.3, 0.4) is 0 Å². The molecule has 0 radical (unpaired) electrons. The van der Waals surface area contributed by atoms with Crippen molar-refractivity contribution in [3.63, 3.8) is 0 Å². The molecule has 1 aromatic carbocycles. The minimum absolute atomic E-state index is 0.0931. The van der Waals surface area contributed by atoms with Gasteiger partial charge in [-0.3, -0.25) is 4.79 Å². The zero-order chi connectivity index (χ0) is 16.2. The van der Waals surface area contributed by atoms with Crippen molar-refractivity contribution >= 4 is 11.7 Å². The second kappa shape index (κ2) is 6.77. The van der Waals surface area contributed by atoms with Crippen LogP contribution in [0.25, 0.3) is 11.3 Å². The van der Waals surface area contributed by atoms with E-state index in [0.717, 1.165) is 42.9 Å². The Balaban J connectivity index is 1.89. The second-order valence-electron chi connectivity index (χ2n) is 5.98. The van der Waals surface area contributed by atoms with Crippen LogP contribution in [0.1, 0.15) is 25.3 Å². The van der Waals surface area contributed by atoms with Gasteiger partial charge in [0.25, 0.3) is 0 Å². The molecule has 0 spiro atoms. The third-order valence-corrected chi connectivity index (χ3v) is 4.44. The SMILES string of the molecule is CCc1cc(N2CCCC(C(N)=O)C2)nnc1-c1ccccc1. The fourth-order valence-corrected chi connectivity index (χ4v) is 3.10. The van der Waals surface area contributed by atoms with Crippen LogP contribution in [0.15, 0.2) is 36.4 Å². The minimum Gasteiger partial charge on any atom is -0.369 e. The van der Waals surface area contributed by atoms with Crippen molar-refractivity contribution in [1.82, 2.24) is 10.2 Å². The van der Waals surface area contributed by atoms with Crippen LogP contribution in [0.5, 0.6) is 0 Å². The number of benzene rings is 1. The van der Waals surface area contributed by atoms with E-state index in [0.29, 0.717) is 6.54 Å². The number of hydrogen-bond donors (Lipinski definition) is 1. The van der Waals surface area contributed by atoms with Crippen LogP contribution in [0.2, 0.25) is 0 Å². The van der Waals surface area contributed by atoms with Crippen molar-refractivity contribution in [2.24, 2.45) is 11.7 Å². The molecule has 5 heteroatoms. The highest BCUT2D eigenvalue weighted by molar-refractivity contribution is 5.77. The smallest absolute Gasteiger partial charge is 0.222 e. The minimum atomic E-state index is -0.223.